The maximum Gasteiger partial charge on any atom is 0.290 e. The topological polar surface area (TPSA) is 98.2 Å². The van der Waals surface area contributed by atoms with Gasteiger partial charge in [0.2, 0.25) is 0 Å². The van der Waals surface area contributed by atoms with Crippen LogP contribution in [0.3, 0.4) is 0 Å². The number of carbonyl (C=O) groups excluding carboxylic acids is 1. The van der Waals surface area contributed by atoms with E-state index in [0.717, 1.165) is 59.7 Å². The van der Waals surface area contributed by atoms with Gasteiger partial charge < -0.3 is 29.9 Å². The van der Waals surface area contributed by atoms with Crippen LogP contribution in [-0.4, -0.2) is 79.8 Å². The summed E-state index contributed by atoms with van der Waals surface area (Å²) in [5.41, 5.74) is 2.82. The average molecular weight is 476 g/mol. The van der Waals surface area contributed by atoms with Gasteiger partial charge in [0.25, 0.3) is 12.4 Å². The number of nitrogens with one attached hydrogen (secondary N) is 1. The second kappa shape index (κ2) is 10.4. The summed E-state index contributed by atoms with van der Waals surface area (Å²) in [5, 5.41) is 10.8. The molecular formula is C23H33N5O4S. The molecule has 0 bridgehead atoms. The molecule has 0 saturated carbocycles. The molecule has 0 fully saturated rings. The van der Waals surface area contributed by atoms with Crippen LogP contribution in [0.1, 0.15) is 36.1 Å². The molecule has 10 heteroatoms. The predicted octanol–water partition coefficient (Wildman–Crippen LogP) is 2.83. The lowest BCUT2D eigenvalue weighted by Gasteiger charge is -2.31. The number of fused-ring (bicyclic) bond motifs is 2. The summed E-state index contributed by atoms with van der Waals surface area (Å²) in [7, 11) is 4.19. The molecular weight excluding hydrogens is 442 g/mol. The Labute approximate surface area is 199 Å². The summed E-state index contributed by atoms with van der Waals surface area (Å²) in [4.78, 5) is 33.2. The Balaban J connectivity index is 0.000000968. The van der Waals surface area contributed by atoms with Crippen LogP contribution in [0.4, 0.5) is 16.5 Å². The number of aromatic nitrogens is 1. The van der Waals surface area contributed by atoms with Crippen molar-refractivity contribution in [3.63, 3.8) is 0 Å². The van der Waals surface area contributed by atoms with Crippen molar-refractivity contribution >= 4 is 40.2 Å². The van der Waals surface area contributed by atoms with Crippen molar-refractivity contribution in [3.05, 3.63) is 28.8 Å². The molecule has 0 saturated heterocycles. The highest BCUT2D eigenvalue weighted by atomic mass is 32.1. The molecule has 2 aromatic rings. The van der Waals surface area contributed by atoms with Crippen LogP contribution >= 0.6 is 11.3 Å². The van der Waals surface area contributed by atoms with Gasteiger partial charge in [0, 0.05) is 43.3 Å². The second-order valence-corrected chi connectivity index (χ2v) is 9.91. The van der Waals surface area contributed by atoms with E-state index in [4.69, 9.17) is 19.6 Å². The molecule has 0 atom stereocenters. The van der Waals surface area contributed by atoms with E-state index in [2.05, 4.69) is 59.2 Å². The normalized spacial score (nSPS) is 16.1. The molecule has 0 radical (unpaired) electrons. The lowest BCUT2D eigenvalue weighted by atomic mass is 9.94. The summed E-state index contributed by atoms with van der Waals surface area (Å²) >= 11 is 1.47. The molecule has 180 valence electrons. The quantitative estimate of drug-likeness (QED) is 0.616. The fourth-order valence-corrected chi connectivity index (χ4v) is 4.99. The predicted molar refractivity (Wildman–Crippen MR) is 131 cm³/mol. The SMILES string of the molecule is CCN(CCN(C)C)c1ccc2c(c1)OCCN2c1nc2c(s1)C(=O)NC(C)(C)C2.O=CO. The summed E-state index contributed by atoms with van der Waals surface area (Å²) in [5.74, 6) is 0.855. The van der Waals surface area contributed by atoms with Gasteiger partial charge in [-0.2, -0.15) is 0 Å². The number of hydrogen-bond donors (Lipinski definition) is 2. The van der Waals surface area contributed by atoms with Gasteiger partial charge in [-0.3, -0.25) is 9.59 Å². The number of carbonyl (C=O) groups is 2. The third-order valence-corrected chi connectivity index (χ3v) is 6.67. The highest BCUT2D eigenvalue weighted by Crippen LogP contribution is 2.42. The monoisotopic (exact) mass is 475 g/mol. The van der Waals surface area contributed by atoms with Gasteiger partial charge in [-0.15, -0.1) is 0 Å². The van der Waals surface area contributed by atoms with Gasteiger partial charge in [-0.1, -0.05) is 11.3 Å². The van der Waals surface area contributed by atoms with Crippen LogP contribution in [0.25, 0.3) is 0 Å². The first-order valence-electron chi connectivity index (χ1n) is 11.0. The summed E-state index contributed by atoms with van der Waals surface area (Å²) in [6, 6.07) is 6.40. The highest BCUT2D eigenvalue weighted by Gasteiger charge is 2.34. The zero-order valence-corrected chi connectivity index (χ0v) is 20.7. The number of anilines is 3. The number of amides is 1. The van der Waals surface area contributed by atoms with Crippen molar-refractivity contribution in [1.82, 2.24) is 15.2 Å². The summed E-state index contributed by atoms with van der Waals surface area (Å²) in [6.07, 6.45) is 0.748. The minimum atomic E-state index is -0.261. The van der Waals surface area contributed by atoms with Gasteiger partial charge in [-0.05, 0) is 47.0 Å². The third-order valence-electron chi connectivity index (χ3n) is 5.56. The van der Waals surface area contributed by atoms with E-state index in [1.807, 2.05) is 13.8 Å². The van der Waals surface area contributed by atoms with Crippen LogP contribution in [0.15, 0.2) is 18.2 Å². The van der Waals surface area contributed by atoms with Crippen molar-refractivity contribution in [2.45, 2.75) is 32.7 Å². The first kappa shape index (κ1) is 24.8. The smallest absolute Gasteiger partial charge is 0.290 e. The van der Waals surface area contributed by atoms with Gasteiger partial charge in [0.05, 0.1) is 17.9 Å². The van der Waals surface area contributed by atoms with Crippen LogP contribution in [0.5, 0.6) is 5.75 Å². The largest absolute Gasteiger partial charge is 0.489 e. The van der Waals surface area contributed by atoms with E-state index in [0.29, 0.717) is 6.61 Å². The third kappa shape index (κ3) is 5.75. The molecule has 2 aliphatic heterocycles. The van der Waals surface area contributed by atoms with E-state index in [1.165, 1.54) is 17.0 Å². The van der Waals surface area contributed by atoms with Gasteiger partial charge in [0.15, 0.2) is 5.13 Å². The highest BCUT2D eigenvalue weighted by molar-refractivity contribution is 7.17. The second-order valence-electron chi connectivity index (χ2n) is 8.93. The molecule has 2 aliphatic rings. The molecule has 1 amide bonds. The number of hydrogen-bond acceptors (Lipinski definition) is 8. The first-order valence-corrected chi connectivity index (χ1v) is 11.8. The maximum atomic E-state index is 12.5. The number of carboxylic acid groups (broad SMARTS) is 1. The molecule has 0 aliphatic carbocycles. The number of nitrogens with zero attached hydrogens (tertiary/aromatic N) is 4. The molecule has 0 spiro atoms. The molecule has 1 aromatic carbocycles. The Kier molecular flexibility index (Phi) is 7.80. The maximum absolute atomic E-state index is 12.5. The van der Waals surface area contributed by atoms with Crippen molar-refractivity contribution in [3.8, 4) is 5.75 Å². The van der Waals surface area contributed by atoms with Gasteiger partial charge in [0.1, 0.15) is 17.2 Å². The van der Waals surface area contributed by atoms with Crippen molar-refractivity contribution in [2.75, 3.05) is 56.7 Å². The Morgan fingerprint density at radius 3 is 2.73 bits per heavy atom. The lowest BCUT2D eigenvalue weighted by Crippen LogP contribution is -2.48. The Morgan fingerprint density at radius 1 is 1.33 bits per heavy atom. The zero-order valence-electron chi connectivity index (χ0n) is 19.9. The van der Waals surface area contributed by atoms with E-state index in [1.54, 1.807) is 0 Å². The average Bonchev–Trinajstić information content (AvgIpc) is 3.17. The number of benzene rings is 1. The molecule has 4 rings (SSSR count). The molecule has 0 unspecified atom stereocenters. The summed E-state index contributed by atoms with van der Waals surface area (Å²) < 4.78 is 6.01. The van der Waals surface area contributed by atoms with Gasteiger partial charge in [-0.25, -0.2) is 4.98 Å². The standard InChI is InChI=1S/C22H31N5O2S.CH2O2/c1-6-26(10-9-25(4)5)15-7-8-17-18(13-15)29-12-11-27(17)21-23-16-14-22(2,3)24-20(28)19(16)30-21;2-1-3/h7-8,13H,6,9-12,14H2,1-5H3,(H,24,28);1H,(H,2,3). The van der Waals surface area contributed by atoms with Crippen molar-refractivity contribution in [1.29, 1.82) is 0 Å². The van der Waals surface area contributed by atoms with Crippen LogP contribution in [0.2, 0.25) is 0 Å². The zero-order chi connectivity index (χ0) is 24.2. The number of ether oxygens (including phenoxy) is 1. The molecule has 3 heterocycles. The van der Waals surface area contributed by atoms with E-state index < -0.39 is 0 Å². The minimum Gasteiger partial charge on any atom is -0.489 e. The number of thiazole rings is 1. The van der Waals surface area contributed by atoms with E-state index in [9.17, 15) is 4.79 Å². The summed E-state index contributed by atoms with van der Waals surface area (Å²) in [6.45, 7) is 10.2. The van der Waals surface area contributed by atoms with Crippen LogP contribution < -0.4 is 19.9 Å². The van der Waals surface area contributed by atoms with E-state index >= 15 is 0 Å². The molecule has 33 heavy (non-hydrogen) atoms. The van der Waals surface area contributed by atoms with Gasteiger partial charge >= 0.3 is 0 Å². The number of likely N-dealkylation sites (N-methyl/N-ethyl adjacent to an activating group) is 2. The Bertz CT molecular complexity index is 991. The Morgan fingerprint density at radius 2 is 2.06 bits per heavy atom. The lowest BCUT2D eigenvalue weighted by molar-refractivity contribution is -0.122. The molecule has 9 nitrogen and oxygen atoms in total. The van der Waals surface area contributed by atoms with Crippen LogP contribution in [-0.2, 0) is 11.2 Å². The van der Waals surface area contributed by atoms with E-state index in [-0.39, 0.29) is 17.9 Å². The fourth-order valence-electron chi connectivity index (χ4n) is 3.97. The van der Waals surface area contributed by atoms with Crippen molar-refractivity contribution < 1.29 is 19.4 Å². The number of rotatable bonds is 6. The fraction of sp³-hybridized carbons (Fsp3) is 0.522. The minimum absolute atomic E-state index is 0.0201. The Hall–Kier alpha value is -2.85. The molecule has 2 N–H and O–H groups in total. The van der Waals surface area contributed by atoms with Crippen molar-refractivity contribution in [2.24, 2.45) is 0 Å². The molecule has 1 aromatic heterocycles. The van der Waals surface area contributed by atoms with Crippen LogP contribution in [0, 0.1) is 0 Å². The first-order chi connectivity index (χ1) is 15.7.